The van der Waals surface area contributed by atoms with Crippen LogP contribution >= 0.6 is 0 Å². The normalized spacial score (nSPS) is 16.8. The molecule has 0 aliphatic carbocycles. The number of benzene rings is 1. The fourth-order valence-electron chi connectivity index (χ4n) is 3.83. The molecule has 16 heteroatoms. The number of hydrogen-bond acceptors (Lipinski definition) is 13. The summed E-state index contributed by atoms with van der Waals surface area (Å²) in [5.74, 6) is -4.34. The molecule has 1 saturated heterocycles. The molecule has 1 fully saturated rings. The van der Waals surface area contributed by atoms with Crippen molar-refractivity contribution in [2.75, 3.05) is 83.9 Å². The fourth-order valence-corrected chi connectivity index (χ4v) is 3.83. The summed E-state index contributed by atoms with van der Waals surface area (Å²) in [5.41, 5.74) is 0.232. The minimum absolute atomic E-state index is 0. The van der Waals surface area contributed by atoms with Gasteiger partial charge in [-0.15, -0.1) is 0 Å². The zero-order valence-electron chi connectivity index (χ0n) is 20.6. The third kappa shape index (κ3) is 13.5. The number of hydrogen-bond donors (Lipinski definition) is 1. The Labute approximate surface area is 251 Å². The van der Waals surface area contributed by atoms with Crippen LogP contribution in [0, 0.1) is 50.1 Å². The van der Waals surface area contributed by atoms with Gasteiger partial charge in [0.1, 0.15) is 0 Å². The first-order chi connectivity index (χ1) is 17.5. The van der Waals surface area contributed by atoms with Crippen LogP contribution in [0.4, 0.5) is 11.4 Å². The Kier molecular flexibility index (Phi) is 15.3. The maximum Gasteiger partial charge on any atom is 3.00 e. The molecular weight excluding hydrogens is 650 g/mol. The standard InChI is InChI=1S/C22H32N6O9.Gd/c29-19(23-17-1-3-18(4-2-17)28(36)37)13-24-5-7-25(14-20(30)31)9-11-27(16-22(34)35)12-10-26(8-6-24)15-21(32)33;/h1-4H,5-16H2,(H,23,29)(H,30,31)(H,32,33)(H,34,35);/q;+3/p-3. The SMILES string of the molecule is O=C([O-])CN1CCN(CC(=O)[O-])CCN(CC(=O)Nc2ccc([N+](=O)[O-])cc2)CCN(CC(=O)[O-])CC1.[Gd+3]. The smallest absolute Gasteiger partial charge is 0.549 e. The Morgan fingerprint density at radius 2 is 0.974 bits per heavy atom. The van der Waals surface area contributed by atoms with E-state index in [1.165, 1.54) is 29.2 Å². The number of rotatable bonds is 10. The van der Waals surface area contributed by atoms with Gasteiger partial charge in [-0.3, -0.25) is 34.5 Å². The van der Waals surface area contributed by atoms with E-state index in [9.17, 15) is 44.6 Å². The van der Waals surface area contributed by atoms with Crippen LogP contribution < -0.4 is 20.6 Å². The van der Waals surface area contributed by atoms with Gasteiger partial charge in [-0.2, -0.15) is 0 Å². The summed E-state index contributed by atoms with van der Waals surface area (Å²) < 4.78 is 0. The second-order valence-electron chi connectivity index (χ2n) is 8.57. The second-order valence-corrected chi connectivity index (χ2v) is 8.57. The summed E-state index contributed by atoms with van der Waals surface area (Å²) in [4.78, 5) is 62.8. The Morgan fingerprint density at radius 3 is 1.26 bits per heavy atom. The number of carbonyl (C=O) groups is 4. The molecule has 38 heavy (non-hydrogen) atoms. The van der Waals surface area contributed by atoms with Gasteiger partial charge in [0.25, 0.3) is 5.69 Å². The summed E-state index contributed by atoms with van der Waals surface area (Å²) in [6.07, 6.45) is 0. The molecule has 0 bridgehead atoms. The predicted molar refractivity (Wildman–Crippen MR) is 123 cm³/mol. The van der Waals surface area contributed by atoms with Crippen LogP contribution in [0.5, 0.6) is 0 Å². The number of carboxylic acid groups (broad SMARTS) is 3. The number of anilines is 1. The maximum absolute atomic E-state index is 12.6. The van der Waals surface area contributed by atoms with Crippen LogP contribution in [0.25, 0.3) is 0 Å². The van der Waals surface area contributed by atoms with Gasteiger partial charge >= 0.3 is 39.9 Å². The van der Waals surface area contributed by atoms with E-state index in [0.29, 0.717) is 5.69 Å². The summed E-state index contributed by atoms with van der Waals surface area (Å²) >= 11 is 0. The van der Waals surface area contributed by atoms with Crippen LogP contribution in [0.3, 0.4) is 0 Å². The van der Waals surface area contributed by atoms with Crippen molar-refractivity contribution in [3.05, 3.63) is 34.4 Å². The molecule has 1 aliphatic heterocycles. The number of non-ortho nitro benzene ring substituents is 1. The van der Waals surface area contributed by atoms with Crippen molar-refractivity contribution < 1.29 is 79.4 Å². The average molecular weight is 679 g/mol. The van der Waals surface area contributed by atoms with Crippen LogP contribution in [0.15, 0.2) is 24.3 Å². The van der Waals surface area contributed by atoms with Gasteiger partial charge in [0, 0.05) is 89.8 Å². The number of nitrogens with zero attached hydrogens (tertiary/aromatic N) is 5. The van der Waals surface area contributed by atoms with Crippen molar-refractivity contribution in [3.8, 4) is 0 Å². The number of carbonyl (C=O) groups excluding carboxylic acids is 4. The zero-order valence-corrected chi connectivity index (χ0v) is 22.8. The molecule has 15 nitrogen and oxygen atoms in total. The van der Waals surface area contributed by atoms with Gasteiger partial charge < -0.3 is 35.0 Å². The Balaban J connectivity index is 0.00000722. The van der Waals surface area contributed by atoms with E-state index in [1.807, 2.05) is 0 Å². The van der Waals surface area contributed by atoms with E-state index in [1.54, 1.807) is 14.7 Å². The van der Waals surface area contributed by atoms with E-state index in [0.717, 1.165) is 0 Å². The van der Waals surface area contributed by atoms with Crippen molar-refractivity contribution in [2.45, 2.75) is 0 Å². The quantitative estimate of drug-likeness (QED) is 0.182. The molecule has 0 aromatic heterocycles. The van der Waals surface area contributed by atoms with E-state index >= 15 is 0 Å². The third-order valence-corrected chi connectivity index (χ3v) is 5.72. The molecule has 2 rings (SSSR count). The Morgan fingerprint density at radius 1 is 0.658 bits per heavy atom. The molecule has 1 aromatic carbocycles. The van der Waals surface area contributed by atoms with Crippen LogP contribution in [0.2, 0.25) is 0 Å². The number of amides is 1. The summed E-state index contributed by atoms with van der Waals surface area (Å²) in [5, 5.41) is 47.0. The van der Waals surface area contributed by atoms with Gasteiger partial charge in [0.2, 0.25) is 5.91 Å². The van der Waals surface area contributed by atoms with E-state index in [-0.39, 0.29) is 105 Å². The first-order valence-electron chi connectivity index (χ1n) is 11.5. The van der Waals surface area contributed by atoms with Gasteiger partial charge in [-0.05, 0) is 12.1 Å². The Hall–Kier alpha value is -2.34. The molecule has 209 valence electrons. The first kappa shape index (κ1) is 33.7. The van der Waals surface area contributed by atoms with Crippen molar-refractivity contribution in [2.24, 2.45) is 0 Å². The summed E-state index contributed by atoms with van der Waals surface area (Å²) in [7, 11) is 0. The van der Waals surface area contributed by atoms with Crippen molar-refractivity contribution in [1.29, 1.82) is 0 Å². The minimum Gasteiger partial charge on any atom is -0.549 e. The molecule has 1 N–H and O–H groups in total. The van der Waals surface area contributed by atoms with Crippen molar-refractivity contribution in [1.82, 2.24) is 19.6 Å². The van der Waals surface area contributed by atoms with Crippen molar-refractivity contribution >= 4 is 35.2 Å². The molecule has 0 saturated carbocycles. The maximum atomic E-state index is 12.6. The third-order valence-electron chi connectivity index (χ3n) is 5.72. The monoisotopic (exact) mass is 679 g/mol. The van der Waals surface area contributed by atoms with Crippen molar-refractivity contribution in [3.63, 3.8) is 0 Å². The van der Waals surface area contributed by atoms with Gasteiger partial charge in [0.05, 0.1) is 29.4 Å². The van der Waals surface area contributed by atoms with Gasteiger partial charge in [-0.25, -0.2) is 0 Å². The Bertz CT molecular complexity index is 933. The molecule has 1 aliphatic rings. The summed E-state index contributed by atoms with van der Waals surface area (Å²) in [6.45, 7) is 0.451. The van der Waals surface area contributed by atoms with E-state index in [4.69, 9.17) is 0 Å². The second kappa shape index (κ2) is 17.3. The fraction of sp³-hybridized carbons (Fsp3) is 0.545. The van der Waals surface area contributed by atoms with Crippen LogP contribution in [-0.4, -0.2) is 127 Å². The number of carboxylic acids is 3. The zero-order chi connectivity index (χ0) is 27.4. The molecule has 1 aromatic rings. The molecule has 1 heterocycles. The molecule has 1 radical (unpaired) electrons. The predicted octanol–water partition coefficient (Wildman–Crippen LogP) is -5.00. The average Bonchev–Trinajstić information content (AvgIpc) is 2.80. The minimum atomic E-state index is -1.31. The van der Waals surface area contributed by atoms with Gasteiger partial charge in [-0.1, -0.05) is 0 Å². The van der Waals surface area contributed by atoms with Crippen LogP contribution in [-0.2, 0) is 19.2 Å². The van der Waals surface area contributed by atoms with E-state index in [2.05, 4.69) is 5.32 Å². The largest absolute Gasteiger partial charge is 3.00 e. The molecule has 0 atom stereocenters. The molecule has 0 spiro atoms. The molecular formula is C22H29GdN6O9. The summed E-state index contributed by atoms with van der Waals surface area (Å²) in [6, 6.07) is 5.30. The van der Waals surface area contributed by atoms with Crippen LogP contribution in [0.1, 0.15) is 0 Å². The number of nitrogens with one attached hydrogen (secondary N) is 1. The number of nitro groups is 1. The van der Waals surface area contributed by atoms with E-state index < -0.39 is 48.4 Å². The first-order valence-corrected chi connectivity index (χ1v) is 11.5. The molecule has 0 unspecified atom stereocenters. The molecule has 1 amide bonds. The van der Waals surface area contributed by atoms with Gasteiger partial charge in [0.15, 0.2) is 0 Å². The number of nitro benzene ring substituents is 1. The number of aliphatic carboxylic acids is 3. The topological polar surface area (TPSA) is 206 Å².